The van der Waals surface area contributed by atoms with E-state index in [0.29, 0.717) is 13.1 Å². The van der Waals surface area contributed by atoms with Gasteiger partial charge in [0.2, 0.25) is 5.91 Å². The second kappa shape index (κ2) is 8.40. The minimum Gasteiger partial charge on any atom is -0.340 e. The van der Waals surface area contributed by atoms with Crippen LogP contribution in [-0.2, 0) is 18.4 Å². The first kappa shape index (κ1) is 18.2. The fourth-order valence-electron chi connectivity index (χ4n) is 1.76. The van der Waals surface area contributed by atoms with Gasteiger partial charge >= 0.3 is 0 Å². The van der Waals surface area contributed by atoms with Crippen LogP contribution in [0.25, 0.3) is 0 Å². The van der Waals surface area contributed by atoms with Crippen LogP contribution in [0.15, 0.2) is 12.4 Å². The predicted octanol–water partition coefficient (Wildman–Crippen LogP) is 1.22. The monoisotopic (exact) mass is 308 g/mol. The summed E-state index contributed by atoms with van der Waals surface area (Å²) in [4.78, 5) is 13.5. The van der Waals surface area contributed by atoms with E-state index >= 15 is 0 Å². The Morgan fingerprint density at radius 1 is 1.53 bits per heavy atom. The van der Waals surface area contributed by atoms with Gasteiger partial charge in [0, 0.05) is 32.4 Å². The zero-order valence-corrected chi connectivity index (χ0v) is 13.0. The van der Waals surface area contributed by atoms with Gasteiger partial charge in [0.15, 0.2) is 0 Å². The Hall–Kier alpha value is -0.780. The molecule has 7 heteroatoms. The van der Waals surface area contributed by atoms with Crippen molar-refractivity contribution in [1.82, 2.24) is 20.0 Å². The van der Waals surface area contributed by atoms with Crippen LogP contribution in [0.2, 0.25) is 0 Å². The lowest BCUT2D eigenvalue weighted by atomic mass is 10.3. The highest BCUT2D eigenvalue weighted by molar-refractivity contribution is 5.85. The molecule has 0 bridgehead atoms. The van der Waals surface area contributed by atoms with Crippen molar-refractivity contribution in [3.05, 3.63) is 18.0 Å². The van der Waals surface area contributed by atoms with Crippen molar-refractivity contribution in [2.45, 2.75) is 19.4 Å². The predicted molar refractivity (Wildman–Crippen MR) is 79.8 cm³/mol. The number of likely N-dealkylation sites (N-methyl/N-ethyl adjacent to an activating group) is 1. The quantitative estimate of drug-likeness (QED) is 0.860. The second-order valence-electron chi connectivity index (χ2n) is 4.85. The number of hydrogen-bond acceptors (Lipinski definition) is 3. The maximum absolute atomic E-state index is 11.8. The molecule has 1 heterocycles. The van der Waals surface area contributed by atoms with Crippen LogP contribution in [-0.4, -0.2) is 40.7 Å². The van der Waals surface area contributed by atoms with Gasteiger partial charge in [-0.25, -0.2) is 0 Å². The van der Waals surface area contributed by atoms with Gasteiger partial charge in [-0.2, -0.15) is 5.10 Å². The molecule has 0 atom stereocenters. The number of rotatable bonds is 6. The van der Waals surface area contributed by atoms with Crippen molar-refractivity contribution in [3.8, 4) is 0 Å². The molecule has 1 aromatic heterocycles. The number of aromatic nitrogens is 2. The first-order valence-corrected chi connectivity index (χ1v) is 6.07. The second-order valence-corrected chi connectivity index (χ2v) is 4.85. The minimum absolute atomic E-state index is 0. The molecule has 1 fully saturated rings. The number of carbonyl (C=O) groups excluding carboxylic acids is 1. The van der Waals surface area contributed by atoms with Crippen LogP contribution in [0.3, 0.4) is 0 Å². The van der Waals surface area contributed by atoms with Crippen molar-refractivity contribution < 1.29 is 4.79 Å². The molecule has 1 amide bonds. The average Bonchev–Trinajstić information content (AvgIpc) is 3.02. The molecule has 0 aromatic carbocycles. The zero-order chi connectivity index (χ0) is 12.3. The van der Waals surface area contributed by atoms with Gasteiger partial charge in [-0.1, -0.05) is 0 Å². The third-order valence-electron chi connectivity index (χ3n) is 3.01. The lowest BCUT2D eigenvalue weighted by molar-refractivity contribution is -0.129. The number of carbonyl (C=O) groups is 1. The van der Waals surface area contributed by atoms with E-state index in [-0.39, 0.29) is 30.7 Å². The van der Waals surface area contributed by atoms with Crippen LogP contribution in [0.4, 0.5) is 0 Å². The normalized spacial score (nSPS) is 13.4. The molecule has 1 N–H and O–H groups in total. The number of aryl methyl sites for hydroxylation is 1. The Labute approximate surface area is 126 Å². The van der Waals surface area contributed by atoms with Crippen molar-refractivity contribution in [2.75, 3.05) is 20.1 Å². The van der Waals surface area contributed by atoms with Crippen molar-refractivity contribution in [1.29, 1.82) is 0 Å². The van der Waals surface area contributed by atoms with E-state index in [1.807, 2.05) is 20.3 Å². The third kappa shape index (κ3) is 6.27. The number of nitrogens with one attached hydrogen (secondary N) is 1. The van der Waals surface area contributed by atoms with Crippen molar-refractivity contribution >= 4 is 30.7 Å². The third-order valence-corrected chi connectivity index (χ3v) is 3.01. The van der Waals surface area contributed by atoms with Crippen LogP contribution in [0, 0.1) is 5.92 Å². The highest BCUT2D eigenvalue weighted by Gasteiger charge is 2.21. The maximum atomic E-state index is 11.8. The molecule has 0 radical (unpaired) electrons. The summed E-state index contributed by atoms with van der Waals surface area (Å²) in [5.74, 6) is 0.945. The van der Waals surface area contributed by atoms with E-state index in [1.165, 1.54) is 12.8 Å². The summed E-state index contributed by atoms with van der Waals surface area (Å²) in [7, 11) is 3.71. The SMILES string of the molecule is CN(Cc1cnn(C)c1)C(=O)CNCC1CC1.Cl.Cl. The van der Waals surface area contributed by atoms with Gasteiger partial charge in [0.05, 0.1) is 12.7 Å². The van der Waals surface area contributed by atoms with Crippen molar-refractivity contribution in [2.24, 2.45) is 13.0 Å². The standard InChI is InChI=1S/C12H20N4O.2ClH/c1-15(8-11-6-14-16(2)9-11)12(17)7-13-5-10-3-4-10;;/h6,9-10,13H,3-5,7-8H2,1-2H3;2*1H. The van der Waals surface area contributed by atoms with E-state index in [9.17, 15) is 4.79 Å². The summed E-state index contributed by atoms with van der Waals surface area (Å²) >= 11 is 0. The van der Waals surface area contributed by atoms with E-state index in [4.69, 9.17) is 0 Å². The molecule has 2 rings (SSSR count). The lowest BCUT2D eigenvalue weighted by Crippen LogP contribution is -2.35. The van der Waals surface area contributed by atoms with Crippen molar-refractivity contribution in [3.63, 3.8) is 0 Å². The Kier molecular flexibility index (Phi) is 8.06. The highest BCUT2D eigenvalue weighted by atomic mass is 35.5. The van der Waals surface area contributed by atoms with Crippen LogP contribution in [0.5, 0.6) is 0 Å². The van der Waals surface area contributed by atoms with Gasteiger partial charge in [-0.3, -0.25) is 9.48 Å². The van der Waals surface area contributed by atoms with Gasteiger partial charge in [0.25, 0.3) is 0 Å². The lowest BCUT2D eigenvalue weighted by Gasteiger charge is -2.16. The van der Waals surface area contributed by atoms with Gasteiger partial charge < -0.3 is 10.2 Å². The number of amides is 1. The van der Waals surface area contributed by atoms with E-state index < -0.39 is 0 Å². The molecular weight excluding hydrogens is 287 g/mol. The highest BCUT2D eigenvalue weighted by Crippen LogP contribution is 2.27. The number of hydrogen-bond donors (Lipinski definition) is 1. The first-order chi connectivity index (χ1) is 8.15. The summed E-state index contributed by atoms with van der Waals surface area (Å²) in [5, 5.41) is 7.29. The van der Waals surface area contributed by atoms with Crippen LogP contribution in [0.1, 0.15) is 18.4 Å². The topological polar surface area (TPSA) is 50.2 Å². The van der Waals surface area contributed by atoms with Crippen LogP contribution < -0.4 is 5.32 Å². The van der Waals surface area contributed by atoms with E-state index in [1.54, 1.807) is 15.8 Å². The van der Waals surface area contributed by atoms with Gasteiger partial charge in [-0.05, 0) is 25.3 Å². The summed E-state index contributed by atoms with van der Waals surface area (Å²) in [5.41, 5.74) is 1.06. The average molecular weight is 309 g/mol. The molecule has 0 aliphatic heterocycles. The molecule has 0 saturated heterocycles. The summed E-state index contributed by atoms with van der Waals surface area (Å²) < 4.78 is 1.75. The molecule has 0 spiro atoms. The van der Waals surface area contributed by atoms with Crippen LogP contribution >= 0.6 is 24.8 Å². The molecule has 1 aromatic rings. The molecular formula is C12H22Cl2N4O. The molecule has 1 aliphatic rings. The number of nitrogens with zero attached hydrogens (tertiary/aromatic N) is 3. The summed E-state index contributed by atoms with van der Waals surface area (Å²) in [6, 6.07) is 0. The summed E-state index contributed by atoms with van der Waals surface area (Å²) in [6.45, 7) is 2.04. The number of halogens is 2. The Balaban J connectivity index is 0.00000162. The Morgan fingerprint density at radius 2 is 2.21 bits per heavy atom. The largest absolute Gasteiger partial charge is 0.340 e. The molecule has 0 unspecified atom stereocenters. The van der Waals surface area contributed by atoms with E-state index in [0.717, 1.165) is 18.0 Å². The molecule has 5 nitrogen and oxygen atoms in total. The molecule has 19 heavy (non-hydrogen) atoms. The van der Waals surface area contributed by atoms with Gasteiger partial charge in [-0.15, -0.1) is 24.8 Å². The molecule has 1 saturated carbocycles. The van der Waals surface area contributed by atoms with Gasteiger partial charge in [0.1, 0.15) is 0 Å². The fourth-order valence-corrected chi connectivity index (χ4v) is 1.76. The minimum atomic E-state index is 0. The summed E-state index contributed by atoms with van der Waals surface area (Å²) in [6.07, 6.45) is 6.35. The molecule has 1 aliphatic carbocycles. The first-order valence-electron chi connectivity index (χ1n) is 6.07. The Bertz CT molecular complexity index is 393. The smallest absolute Gasteiger partial charge is 0.236 e. The maximum Gasteiger partial charge on any atom is 0.236 e. The zero-order valence-electron chi connectivity index (χ0n) is 11.3. The fraction of sp³-hybridized carbons (Fsp3) is 0.667. The Morgan fingerprint density at radius 3 is 2.74 bits per heavy atom. The van der Waals surface area contributed by atoms with E-state index in [2.05, 4.69) is 10.4 Å². The molecule has 110 valence electrons.